The second-order valence-electron chi connectivity index (χ2n) is 7.53. The first-order valence-corrected chi connectivity index (χ1v) is 10.6. The molecule has 25 heavy (non-hydrogen) atoms. The maximum Gasteiger partial charge on any atom is 0.260 e. The summed E-state index contributed by atoms with van der Waals surface area (Å²) < 4.78 is 0. The second kappa shape index (κ2) is 6.67. The highest BCUT2D eigenvalue weighted by molar-refractivity contribution is 7.19. The summed E-state index contributed by atoms with van der Waals surface area (Å²) in [6.45, 7) is 9.87. The summed E-state index contributed by atoms with van der Waals surface area (Å²) in [5, 5.41) is 2.81. The molecule has 4 heterocycles. The summed E-state index contributed by atoms with van der Waals surface area (Å²) in [7, 11) is 0. The van der Waals surface area contributed by atoms with Crippen molar-refractivity contribution in [3.63, 3.8) is 0 Å². The van der Waals surface area contributed by atoms with E-state index in [-0.39, 0.29) is 5.56 Å². The molecule has 1 aliphatic rings. The molecule has 6 heteroatoms. The fourth-order valence-electron chi connectivity index (χ4n) is 4.14. The maximum atomic E-state index is 12.7. The Kier molecular flexibility index (Phi) is 4.52. The van der Waals surface area contributed by atoms with Crippen LogP contribution in [-0.2, 0) is 6.54 Å². The normalized spacial score (nSPS) is 24.0. The molecule has 3 aromatic heterocycles. The average molecular weight is 375 g/mol. The van der Waals surface area contributed by atoms with Gasteiger partial charge in [-0.05, 0) is 25.5 Å². The third-order valence-electron chi connectivity index (χ3n) is 5.00. The molecule has 0 radical (unpaired) electrons. The Balaban J connectivity index is 1.66. The fraction of sp³-hybridized carbons (Fsp3) is 0.474. The number of piperidine rings is 1. The van der Waals surface area contributed by atoms with Crippen molar-refractivity contribution >= 4 is 32.9 Å². The van der Waals surface area contributed by atoms with Crippen LogP contribution in [0.15, 0.2) is 22.3 Å². The van der Waals surface area contributed by atoms with Crippen molar-refractivity contribution in [1.82, 2.24) is 9.97 Å². The first-order valence-electron chi connectivity index (χ1n) is 8.90. The van der Waals surface area contributed by atoms with Crippen molar-refractivity contribution in [3.05, 3.63) is 38.6 Å². The molecule has 1 fully saturated rings. The Hall–Kier alpha value is -1.50. The molecule has 4 rings (SSSR count). The summed E-state index contributed by atoms with van der Waals surface area (Å²) in [4.78, 5) is 25.4. The molecule has 2 atom stereocenters. The average Bonchev–Trinajstić information content (AvgIpc) is 3.12. The molecule has 0 aromatic carbocycles. The smallest absolute Gasteiger partial charge is 0.260 e. The highest BCUT2D eigenvalue weighted by Gasteiger charge is 2.26. The summed E-state index contributed by atoms with van der Waals surface area (Å²) in [6.07, 6.45) is 1.31. The third-order valence-corrected chi connectivity index (χ3v) is 6.90. The van der Waals surface area contributed by atoms with Gasteiger partial charge in [-0.15, -0.1) is 22.7 Å². The SMILES string of the molecule is Cc1ccc(-c2csc3nc(C[NH+]4C[C@@H](C)C[C@H](C)C4)[nH]c(=O)c23)s1. The van der Waals surface area contributed by atoms with Crippen molar-refractivity contribution < 1.29 is 4.90 Å². The van der Waals surface area contributed by atoms with Gasteiger partial charge < -0.3 is 9.88 Å². The molecule has 1 aliphatic heterocycles. The molecule has 0 spiro atoms. The number of fused-ring (bicyclic) bond motifs is 1. The van der Waals surface area contributed by atoms with Gasteiger partial charge >= 0.3 is 0 Å². The molecular formula is C19H24N3OS2+. The minimum atomic E-state index is -0.000176. The molecule has 0 amide bonds. The minimum absolute atomic E-state index is 0.000176. The van der Waals surface area contributed by atoms with E-state index in [1.54, 1.807) is 22.7 Å². The molecule has 0 saturated carbocycles. The number of hydrogen-bond acceptors (Lipinski definition) is 4. The highest BCUT2D eigenvalue weighted by Crippen LogP contribution is 2.34. The van der Waals surface area contributed by atoms with E-state index in [0.29, 0.717) is 0 Å². The predicted molar refractivity (Wildman–Crippen MR) is 106 cm³/mol. The Bertz CT molecular complexity index is 945. The number of nitrogens with one attached hydrogen (secondary N) is 2. The van der Waals surface area contributed by atoms with E-state index in [2.05, 4.69) is 43.3 Å². The highest BCUT2D eigenvalue weighted by atomic mass is 32.1. The van der Waals surface area contributed by atoms with Crippen LogP contribution in [0, 0.1) is 18.8 Å². The van der Waals surface area contributed by atoms with Gasteiger partial charge in [-0.1, -0.05) is 13.8 Å². The predicted octanol–water partition coefficient (Wildman–Crippen LogP) is 3.08. The Morgan fingerprint density at radius 1 is 1.28 bits per heavy atom. The monoisotopic (exact) mass is 374 g/mol. The fourth-order valence-corrected chi connectivity index (χ4v) is 6.06. The number of hydrogen-bond donors (Lipinski definition) is 2. The van der Waals surface area contributed by atoms with Gasteiger partial charge in [0.05, 0.1) is 18.5 Å². The van der Waals surface area contributed by atoms with Crippen molar-refractivity contribution in [3.8, 4) is 10.4 Å². The number of quaternary nitrogens is 1. The van der Waals surface area contributed by atoms with Crippen molar-refractivity contribution in [2.24, 2.45) is 11.8 Å². The van der Waals surface area contributed by atoms with Gasteiger partial charge in [0.2, 0.25) is 0 Å². The van der Waals surface area contributed by atoms with E-state index in [0.717, 1.165) is 58.0 Å². The lowest BCUT2D eigenvalue weighted by Crippen LogP contribution is -3.13. The van der Waals surface area contributed by atoms with E-state index in [1.807, 2.05) is 0 Å². The lowest BCUT2D eigenvalue weighted by atomic mass is 9.92. The number of rotatable bonds is 3. The van der Waals surface area contributed by atoms with Gasteiger partial charge in [-0.25, -0.2) is 4.98 Å². The first-order chi connectivity index (χ1) is 12.0. The van der Waals surface area contributed by atoms with Gasteiger partial charge in [-0.3, -0.25) is 4.79 Å². The van der Waals surface area contributed by atoms with Crippen LogP contribution in [0.4, 0.5) is 0 Å². The van der Waals surface area contributed by atoms with Crippen LogP contribution in [-0.4, -0.2) is 23.1 Å². The molecule has 2 N–H and O–H groups in total. The molecule has 3 aromatic rings. The van der Waals surface area contributed by atoms with Gasteiger partial charge in [0.15, 0.2) is 5.82 Å². The Labute approximate surface area is 155 Å². The largest absolute Gasteiger partial charge is 0.328 e. The van der Waals surface area contributed by atoms with Crippen LogP contribution >= 0.6 is 22.7 Å². The maximum absolute atomic E-state index is 12.7. The second-order valence-corrected chi connectivity index (χ2v) is 9.68. The quantitative estimate of drug-likeness (QED) is 0.740. The van der Waals surface area contributed by atoms with Crippen LogP contribution in [0.3, 0.4) is 0 Å². The number of H-pyrrole nitrogens is 1. The molecular weight excluding hydrogens is 350 g/mol. The molecule has 4 nitrogen and oxygen atoms in total. The van der Waals surface area contributed by atoms with Gasteiger partial charge in [-0.2, -0.15) is 0 Å². The summed E-state index contributed by atoms with van der Waals surface area (Å²) in [5.74, 6) is 2.30. The first kappa shape index (κ1) is 16.9. The van der Waals surface area contributed by atoms with Crippen molar-refractivity contribution in [2.45, 2.75) is 33.7 Å². The minimum Gasteiger partial charge on any atom is -0.328 e. The summed E-state index contributed by atoms with van der Waals surface area (Å²) in [5.41, 5.74) is 1.02. The molecule has 0 bridgehead atoms. The van der Waals surface area contributed by atoms with E-state index < -0.39 is 0 Å². The van der Waals surface area contributed by atoms with Crippen LogP contribution in [0.2, 0.25) is 0 Å². The number of likely N-dealkylation sites (tertiary alicyclic amines) is 1. The molecule has 132 valence electrons. The Morgan fingerprint density at radius 3 is 2.72 bits per heavy atom. The third kappa shape index (κ3) is 3.43. The zero-order valence-corrected chi connectivity index (χ0v) is 16.5. The summed E-state index contributed by atoms with van der Waals surface area (Å²) in [6, 6.07) is 4.19. The van der Waals surface area contributed by atoms with Crippen LogP contribution in [0.25, 0.3) is 20.7 Å². The standard InChI is InChI=1S/C19H23N3OS2/c1-11-6-12(2)8-22(7-11)9-16-20-18(23)17-14(10-24-19(17)21-16)15-5-4-13(3)25-15/h4-5,10-12H,6-9H2,1-3H3,(H,20,21,23)/p+1/t11-,12-/m0/s1. The van der Waals surface area contributed by atoms with Crippen LogP contribution < -0.4 is 10.5 Å². The van der Waals surface area contributed by atoms with E-state index >= 15 is 0 Å². The van der Waals surface area contributed by atoms with Crippen LogP contribution in [0.5, 0.6) is 0 Å². The number of thiophene rings is 2. The molecule has 0 unspecified atom stereocenters. The molecule has 1 saturated heterocycles. The molecule has 0 aliphatic carbocycles. The number of aromatic amines is 1. The van der Waals surface area contributed by atoms with Gasteiger partial charge in [0.25, 0.3) is 5.56 Å². The van der Waals surface area contributed by atoms with E-state index in [9.17, 15) is 4.79 Å². The zero-order chi connectivity index (χ0) is 17.6. The van der Waals surface area contributed by atoms with Gasteiger partial charge in [0, 0.05) is 32.5 Å². The lowest BCUT2D eigenvalue weighted by Gasteiger charge is -2.31. The Morgan fingerprint density at radius 2 is 2.04 bits per heavy atom. The number of aromatic nitrogens is 2. The van der Waals surface area contributed by atoms with Crippen molar-refractivity contribution in [1.29, 1.82) is 0 Å². The zero-order valence-electron chi connectivity index (χ0n) is 14.9. The topological polar surface area (TPSA) is 50.2 Å². The van der Waals surface area contributed by atoms with E-state index in [1.165, 1.54) is 16.2 Å². The van der Waals surface area contributed by atoms with Gasteiger partial charge in [0.1, 0.15) is 11.4 Å². The lowest BCUT2D eigenvalue weighted by molar-refractivity contribution is -0.926. The van der Waals surface area contributed by atoms with Crippen LogP contribution in [0.1, 0.15) is 31.0 Å². The van der Waals surface area contributed by atoms with E-state index in [4.69, 9.17) is 4.98 Å². The number of nitrogens with zero attached hydrogens (tertiary/aromatic N) is 1. The number of aryl methyl sites for hydroxylation is 1. The van der Waals surface area contributed by atoms with Crippen molar-refractivity contribution in [2.75, 3.05) is 13.1 Å². The summed E-state index contributed by atoms with van der Waals surface area (Å²) >= 11 is 3.30.